The number of aromatic nitrogens is 1. The van der Waals surface area contributed by atoms with Gasteiger partial charge in [-0.25, -0.2) is 9.78 Å². The first-order chi connectivity index (χ1) is 13.0. The van der Waals surface area contributed by atoms with E-state index >= 15 is 0 Å². The zero-order valence-corrected chi connectivity index (χ0v) is 16.3. The summed E-state index contributed by atoms with van der Waals surface area (Å²) >= 11 is 1.67. The molecule has 0 spiro atoms. The Morgan fingerprint density at radius 3 is 2.74 bits per heavy atom. The molecule has 8 heteroatoms. The smallest absolute Gasteiger partial charge is 0.328 e. The number of nitrogens with zero attached hydrogens (tertiary/aromatic N) is 1. The van der Waals surface area contributed by atoms with E-state index in [1.54, 1.807) is 18.7 Å². The molecule has 0 saturated carbocycles. The molecule has 2 aromatic rings. The third-order valence-corrected chi connectivity index (χ3v) is 4.51. The minimum absolute atomic E-state index is 0.0898. The molecule has 0 bridgehead atoms. The van der Waals surface area contributed by atoms with Crippen molar-refractivity contribution in [3.05, 3.63) is 53.7 Å². The number of nitrogens with one attached hydrogen (secondary N) is 1. The minimum Gasteiger partial charge on any atom is -0.464 e. The molecule has 0 aliphatic carbocycles. The molecule has 2 atom stereocenters. The van der Waals surface area contributed by atoms with Gasteiger partial charge in [-0.1, -0.05) is 30.3 Å². The van der Waals surface area contributed by atoms with Crippen molar-refractivity contribution in [2.75, 3.05) is 18.6 Å². The molecule has 0 fully saturated rings. The highest BCUT2D eigenvalue weighted by Gasteiger charge is 2.25. The van der Waals surface area contributed by atoms with Crippen molar-refractivity contribution in [2.45, 2.75) is 31.8 Å². The van der Waals surface area contributed by atoms with Gasteiger partial charge in [0.1, 0.15) is 12.3 Å². The first-order valence-electron chi connectivity index (χ1n) is 8.76. The number of hydrogen-bond donors (Lipinski definition) is 2. The summed E-state index contributed by atoms with van der Waals surface area (Å²) in [6.07, 6.45) is 4.27. The lowest BCUT2D eigenvalue weighted by molar-refractivity contribution is -0.145. The van der Waals surface area contributed by atoms with Gasteiger partial charge < -0.3 is 20.2 Å². The predicted molar refractivity (Wildman–Crippen MR) is 104 cm³/mol. The van der Waals surface area contributed by atoms with Gasteiger partial charge in [-0.3, -0.25) is 4.79 Å². The van der Waals surface area contributed by atoms with E-state index in [2.05, 4.69) is 10.3 Å². The molecule has 2 unspecified atom stereocenters. The summed E-state index contributed by atoms with van der Waals surface area (Å²) in [4.78, 5) is 28.9. The van der Waals surface area contributed by atoms with Crippen LogP contribution in [-0.4, -0.2) is 41.5 Å². The second-order valence-corrected chi connectivity index (χ2v) is 6.91. The van der Waals surface area contributed by atoms with Gasteiger partial charge in [-0.15, -0.1) is 0 Å². The number of ether oxygens (including phenoxy) is 1. The number of benzene rings is 1. The van der Waals surface area contributed by atoms with E-state index in [4.69, 9.17) is 14.9 Å². The van der Waals surface area contributed by atoms with Crippen LogP contribution in [0.15, 0.2) is 41.0 Å². The van der Waals surface area contributed by atoms with Crippen molar-refractivity contribution in [1.29, 1.82) is 0 Å². The van der Waals surface area contributed by atoms with Crippen LogP contribution >= 0.6 is 11.8 Å². The van der Waals surface area contributed by atoms with Crippen molar-refractivity contribution in [1.82, 2.24) is 10.3 Å². The molecule has 1 heterocycles. The number of thioether (sulfide) groups is 1. The number of amides is 1. The Balaban J connectivity index is 2.06. The highest BCUT2D eigenvalue weighted by molar-refractivity contribution is 7.98. The molecule has 0 saturated heterocycles. The van der Waals surface area contributed by atoms with Gasteiger partial charge >= 0.3 is 5.97 Å². The summed E-state index contributed by atoms with van der Waals surface area (Å²) in [6, 6.07) is 8.22. The standard InChI is InChI=1S/C19H25N3O4S/c1-3-25-19(24)15(11-13-7-5-4-6-8-13)21-17(23)16-12-26-18(22-16)14(20)9-10-27-2/h4-8,12,14-15H,3,9-11,20H2,1-2H3,(H,21,23). The van der Waals surface area contributed by atoms with E-state index in [-0.39, 0.29) is 18.3 Å². The maximum absolute atomic E-state index is 12.5. The van der Waals surface area contributed by atoms with Crippen LogP contribution in [0.5, 0.6) is 0 Å². The summed E-state index contributed by atoms with van der Waals surface area (Å²) < 4.78 is 10.4. The highest BCUT2D eigenvalue weighted by Crippen LogP contribution is 2.16. The number of carbonyl (C=O) groups is 2. The number of carbonyl (C=O) groups excluding carboxylic acids is 2. The topological polar surface area (TPSA) is 107 Å². The van der Waals surface area contributed by atoms with Crippen LogP contribution in [0.2, 0.25) is 0 Å². The molecule has 0 aliphatic heterocycles. The van der Waals surface area contributed by atoms with Crippen LogP contribution in [0.1, 0.15) is 41.3 Å². The molecule has 27 heavy (non-hydrogen) atoms. The van der Waals surface area contributed by atoms with E-state index in [0.29, 0.717) is 18.7 Å². The van der Waals surface area contributed by atoms with Gasteiger partial charge in [0.2, 0.25) is 5.89 Å². The second kappa shape index (κ2) is 10.7. The lowest BCUT2D eigenvalue weighted by atomic mass is 10.1. The van der Waals surface area contributed by atoms with Gasteiger partial charge in [0.15, 0.2) is 5.69 Å². The van der Waals surface area contributed by atoms with Crippen LogP contribution in [0, 0.1) is 0 Å². The number of rotatable bonds is 10. The van der Waals surface area contributed by atoms with Gasteiger partial charge in [-0.05, 0) is 30.9 Å². The normalized spacial score (nSPS) is 13.0. The summed E-state index contributed by atoms with van der Waals surface area (Å²) in [7, 11) is 0. The molecule has 1 aromatic heterocycles. The highest BCUT2D eigenvalue weighted by atomic mass is 32.2. The third kappa shape index (κ3) is 6.41. The van der Waals surface area contributed by atoms with Crippen molar-refractivity contribution >= 4 is 23.6 Å². The molecule has 146 valence electrons. The van der Waals surface area contributed by atoms with E-state index in [1.165, 1.54) is 6.26 Å². The second-order valence-electron chi connectivity index (χ2n) is 5.93. The average Bonchev–Trinajstić information content (AvgIpc) is 3.17. The van der Waals surface area contributed by atoms with Crippen LogP contribution in [-0.2, 0) is 16.0 Å². The number of nitrogens with two attached hydrogens (primary N) is 1. The first kappa shape index (κ1) is 21.0. The Morgan fingerprint density at radius 1 is 1.33 bits per heavy atom. The summed E-state index contributed by atoms with van der Waals surface area (Å²) in [5.41, 5.74) is 7.01. The van der Waals surface area contributed by atoms with Crippen LogP contribution in [0.3, 0.4) is 0 Å². The number of hydrogen-bond acceptors (Lipinski definition) is 7. The van der Waals surface area contributed by atoms with Crippen molar-refractivity contribution in [2.24, 2.45) is 5.73 Å². The Morgan fingerprint density at radius 2 is 2.07 bits per heavy atom. The minimum atomic E-state index is -0.815. The Labute approximate surface area is 163 Å². The summed E-state index contributed by atoms with van der Waals surface area (Å²) in [5.74, 6) is 0.184. The lowest BCUT2D eigenvalue weighted by Crippen LogP contribution is -2.43. The predicted octanol–water partition coefficient (Wildman–Crippen LogP) is 2.33. The average molecular weight is 391 g/mol. The molecule has 0 radical (unpaired) electrons. The fourth-order valence-corrected chi connectivity index (χ4v) is 2.94. The molecule has 1 amide bonds. The van der Waals surface area contributed by atoms with Crippen molar-refractivity contribution < 1.29 is 18.7 Å². The maximum atomic E-state index is 12.5. The number of oxazole rings is 1. The molecular formula is C19H25N3O4S. The summed E-state index contributed by atoms with van der Waals surface area (Å²) in [6.45, 7) is 1.96. The molecule has 3 N–H and O–H groups in total. The van der Waals surface area contributed by atoms with Gasteiger partial charge in [0.05, 0.1) is 12.6 Å². The molecule has 1 aromatic carbocycles. The zero-order valence-electron chi connectivity index (χ0n) is 15.5. The van der Waals surface area contributed by atoms with E-state index in [0.717, 1.165) is 11.3 Å². The van der Waals surface area contributed by atoms with Crippen LogP contribution in [0.4, 0.5) is 0 Å². The maximum Gasteiger partial charge on any atom is 0.328 e. The third-order valence-electron chi connectivity index (χ3n) is 3.86. The Kier molecular flexibility index (Phi) is 8.35. The molecule has 7 nitrogen and oxygen atoms in total. The molecular weight excluding hydrogens is 366 g/mol. The van der Waals surface area contributed by atoms with Gasteiger partial charge in [0.25, 0.3) is 5.91 Å². The van der Waals surface area contributed by atoms with Crippen molar-refractivity contribution in [3.8, 4) is 0 Å². The van der Waals surface area contributed by atoms with E-state index in [9.17, 15) is 9.59 Å². The van der Waals surface area contributed by atoms with Crippen LogP contribution in [0.25, 0.3) is 0 Å². The largest absolute Gasteiger partial charge is 0.464 e. The number of esters is 1. The van der Waals surface area contributed by atoms with E-state index < -0.39 is 17.9 Å². The van der Waals surface area contributed by atoms with Gasteiger partial charge in [-0.2, -0.15) is 11.8 Å². The monoisotopic (exact) mass is 391 g/mol. The van der Waals surface area contributed by atoms with Crippen LogP contribution < -0.4 is 11.1 Å². The zero-order chi connectivity index (χ0) is 19.6. The Hall–Kier alpha value is -2.32. The summed E-state index contributed by atoms with van der Waals surface area (Å²) in [5, 5.41) is 2.68. The lowest BCUT2D eigenvalue weighted by Gasteiger charge is -2.16. The first-order valence-corrected chi connectivity index (χ1v) is 10.2. The molecule has 0 aliphatic rings. The van der Waals surface area contributed by atoms with Crippen molar-refractivity contribution in [3.63, 3.8) is 0 Å². The fraction of sp³-hybridized carbons (Fsp3) is 0.421. The SMILES string of the molecule is CCOC(=O)C(Cc1ccccc1)NC(=O)c1coc(C(N)CCSC)n1. The van der Waals surface area contributed by atoms with Gasteiger partial charge in [0, 0.05) is 6.42 Å². The fourth-order valence-electron chi connectivity index (χ4n) is 2.45. The molecule has 2 rings (SSSR count). The Bertz CT molecular complexity index is 736. The quantitative estimate of drug-likeness (QED) is 0.599. The van der Waals surface area contributed by atoms with E-state index in [1.807, 2.05) is 36.6 Å².